The van der Waals surface area contributed by atoms with E-state index in [4.69, 9.17) is 5.73 Å². The van der Waals surface area contributed by atoms with Crippen LogP contribution in [0.5, 0.6) is 0 Å². The molecular weight excluding hydrogens is 222 g/mol. The Morgan fingerprint density at radius 2 is 1.83 bits per heavy atom. The van der Waals surface area contributed by atoms with Gasteiger partial charge in [-0.2, -0.15) is 0 Å². The molecule has 0 amide bonds. The number of rotatable bonds is 4. The molecule has 0 aliphatic rings. The summed E-state index contributed by atoms with van der Waals surface area (Å²) in [6.07, 6.45) is 4.69. The number of anilines is 1. The molecule has 94 valence electrons. The molecule has 0 unspecified atom stereocenters. The summed E-state index contributed by atoms with van der Waals surface area (Å²) in [4.78, 5) is 8.86. The van der Waals surface area contributed by atoms with E-state index in [9.17, 15) is 0 Å². The van der Waals surface area contributed by atoms with Crippen molar-refractivity contribution >= 4 is 5.69 Å². The van der Waals surface area contributed by atoms with Gasteiger partial charge < -0.3 is 5.73 Å². The van der Waals surface area contributed by atoms with Gasteiger partial charge in [0, 0.05) is 5.56 Å². The summed E-state index contributed by atoms with van der Waals surface area (Å²) < 4.78 is 0. The van der Waals surface area contributed by atoms with Crippen LogP contribution in [0.25, 0.3) is 11.4 Å². The van der Waals surface area contributed by atoms with Gasteiger partial charge in [0.05, 0.1) is 17.6 Å². The number of aryl methyl sites for hydroxylation is 2. The Hall–Kier alpha value is -1.90. The molecule has 0 aliphatic carbocycles. The third kappa shape index (κ3) is 2.67. The van der Waals surface area contributed by atoms with Gasteiger partial charge in [-0.25, -0.2) is 9.97 Å². The maximum atomic E-state index is 5.87. The summed E-state index contributed by atoms with van der Waals surface area (Å²) >= 11 is 0. The van der Waals surface area contributed by atoms with E-state index in [0.717, 1.165) is 36.3 Å². The Kier molecular flexibility index (Phi) is 3.92. The van der Waals surface area contributed by atoms with Crippen LogP contribution >= 0.6 is 0 Å². The lowest BCUT2D eigenvalue weighted by molar-refractivity contribution is 0.879. The Balaban J connectivity index is 2.34. The fourth-order valence-corrected chi connectivity index (χ4v) is 1.89. The molecule has 0 saturated heterocycles. The van der Waals surface area contributed by atoms with E-state index < -0.39 is 0 Å². The van der Waals surface area contributed by atoms with E-state index in [0.29, 0.717) is 5.69 Å². The van der Waals surface area contributed by atoms with Crippen LogP contribution in [0, 0.1) is 0 Å². The second-order valence-corrected chi connectivity index (χ2v) is 4.40. The Labute approximate surface area is 108 Å². The topological polar surface area (TPSA) is 51.8 Å². The first-order valence-electron chi connectivity index (χ1n) is 6.45. The number of aromatic nitrogens is 2. The van der Waals surface area contributed by atoms with Crippen molar-refractivity contribution in [1.29, 1.82) is 0 Å². The molecule has 3 nitrogen and oxygen atoms in total. The predicted molar refractivity (Wildman–Crippen MR) is 75.3 cm³/mol. The van der Waals surface area contributed by atoms with E-state index in [-0.39, 0.29) is 0 Å². The first-order chi connectivity index (χ1) is 8.74. The second kappa shape index (κ2) is 5.63. The molecule has 2 N–H and O–H groups in total. The van der Waals surface area contributed by atoms with Gasteiger partial charge in [0.25, 0.3) is 0 Å². The van der Waals surface area contributed by atoms with Crippen LogP contribution < -0.4 is 5.73 Å². The molecule has 18 heavy (non-hydrogen) atoms. The molecule has 1 aromatic carbocycles. The monoisotopic (exact) mass is 241 g/mol. The zero-order valence-corrected chi connectivity index (χ0v) is 11.0. The van der Waals surface area contributed by atoms with Gasteiger partial charge in [0.1, 0.15) is 0 Å². The van der Waals surface area contributed by atoms with E-state index in [1.54, 1.807) is 6.20 Å². The fraction of sp³-hybridized carbons (Fsp3) is 0.333. The highest BCUT2D eigenvalue weighted by Gasteiger charge is 2.06. The first kappa shape index (κ1) is 12.6. The summed E-state index contributed by atoms with van der Waals surface area (Å²) in [5.41, 5.74) is 9.87. The smallest absolute Gasteiger partial charge is 0.159 e. The lowest BCUT2D eigenvalue weighted by atomic mass is 10.1. The van der Waals surface area contributed by atoms with Crippen LogP contribution in [0.4, 0.5) is 5.69 Å². The fourth-order valence-electron chi connectivity index (χ4n) is 1.89. The number of nitrogens with two attached hydrogens (primary N) is 1. The van der Waals surface area contributed by atoms with E-state index in [2.05, 4.69) is 48.1 Å². The standard InChI is InChI=1S/C15H19N3/c1-3-5-14-13(16)10-17-15(18-14)12-8-6-11(4-2)7-9-12/h6-10H,3-5,16H2,1-2H3. The third-order valence-electron chi connectivity index (χ3n) is 3.01. The van der Waals surface area contributed by atoms with E-state index in [1.807, 2.05) is 0 Å². The lowest BCUT2D eigenvalue weighted by Gasteiger charge is -2.06. The first-order valence-corrected chi connectivity index (χ1v) is 6.45. The van der Waals surface area contributed by atoms with Gasteiger partial charge in [-0.3, -0.25) is 0 Å². The highest BCUT2D eigenvalue weighted by atomic mass is 14.9. The minimum absolute atomic E-state index is 0.686. The van der Waals surface area contributed by atoms with Crippen molar-refractivity contribution in [2.24, 2.45) is 0 Å². The summed E-state index contributed by atoms with van der Waals surface area (Å²) in [5.74, 6) is 0.760. The summed E-state index contributed by atoms with van der Waals surface area (Å²) in [6.45, 7) is 4.27. The van der Waals surface area contributed by atoms with Gasteiger partial charge in [-0.1, -0.05) is 44.5 Å². The molecule has 0 bridgehead atoms. The summed E-state index contributed by atoms with van der Waals surface area (Å²) in [7, 11) is 0. The molecule has 0 aliphatic heterocycles. The highest BCUT2D eigenvalue weighted by molar-refractivity contribution is 5.57. The zero-order chi connectivity index (χ0) is 13.0. The van der Waals surface area contributed by atoms with Crippen molar-refractivity contribution in [2.45, 2.75) is 33.1 Å². The molecule has 0 radical (unpaired) electrons. The van der Waals surface area contributed by atoms with Gasteiger partial charge in [-0.15, -0.1) is 0 Å². The van der Waals surface area contributed by atoms with Crippen LogP contribution in [0.2, 0.25) is 0 Å². The molecule has 0 atom stereocenters. The van der Waals surface area contributed by atoms with Gasteiger partial charge in [0.15, 0.2) is 5.82 Å². The SMILES string of the molecule is CCCc1nc(-c2ccc(CC)cc2)ncc1N. The number of nitrogens with zero attached hydrogens (tertiary/aromatic N) is 2. The van der Waals surface area contributed by atoms with Crippen molar-refractivity contribution < 1.29 is 0 Å². The van der Waals surface area contributed by atoms with Gasteiger partial charge in [-0.05, 0) is 18.4 Å². The number of hydrogen-bond donors (Lipinski definition) is 1. The zero-order valence-electron chi connectivity index (χ0n) is 11.0. The van der Waals surface area contributed by atoms with Crippen LogP contribution in [0.1, 0.15) is 31.5 Å². The molecule has 3 heteroatoms. The van der Waals surface area contributed by atoms with E-state index >= 15 is 0 Å². The normalized spacial score (nSPS) is 10.6. The Morgan fingerprint density at radius 1 is 1.11 bits per heavy atom. The molecule has 2 rings (SSSR count). The Morgan fingerprint density at radius 3 is 2.44 bits per heavy atom. The minimum atomic E-state index is 0.686. The maximum absolute atomic E-state index is 5.87. The maximum Gasteiger partial charge on any atom is 0.159 e. The lowest BCUT2D eigenvalue weighted by Crippen LogP contribution is -2.01. The van der Waals surface area contributed by atoms with Gasteiger partial charge in [0.2, 0.25) is 0 Å². The average Bonchev–Trinajstić information content (AvgIpc) is 2.42. The molecule has 0 saturated carbocycles. The molecular formula is C15H19N3. The number of nitrogen functional groups attached to an aromatic ring is 1. The minimum Gasteiger partial charge on any atom is -0.396 e. The highest BCUT2D eigenvalue weighted by Crippen LogP contribution is 2.19. The average molecular weight is 241 g/mol. The van der Waals surface area contributed by atoms with Crippen molar-refractivity contribution in [3.8, 4) is 11.4 Å². The van der Waals surface area contributed by atoms with Crippen molar-refractivity contribution in [1.82, 2.24) is 9.97 Å². The largest absolute Gasteiger partial charge is 0.396 e. The van der Waals surface area contributed by atoms with Crippen LogP contribution in [0.3, 0.4) is 0 Å². The van der Waals surface area contributed by atoms with Crippen molar-refractivity contribution in [3.05, 3.63) is 41.7 Å². The summed E-state index contributed by atoms with van der Waals surface area (Å²) in [5, 5.41) is 0. The second-order valence-electron chi connectivity index (χ2n) is 4.40. The van der Waals surface area contributed by atoms with Crippen LogP contribution in [-0.2, 0) is 12.8 Å². The molecule has 1 heterocycles. The van der Waals surface area contributed by atoms with Crippen LogP contribution in [0.15, 0.2) is 30.5 Å². The molecule has 0 fully saturated rings. The molecule has 0 spiro atoms. The molecule has 1 aromatic heterocycles. The number of benzene rings is 1. The van der Waals surface area contributed by atoms with Crippen molar-refractivity contribution in [3.63, 3.8) is 0 Å². The predicted octanol–water partition coefficient (Wildman–Crippen LogP) is 3.24. The van der Waals surface area contributed by atoms with Crippen LogP contribution in [-0.4, -0.2) is 9.97 Å². The quantitative estimate of drug-likeness (QED) is 0.894. The Bertz CT molecular complexity index is 518. The number of hydrogen-bond acceptors (Lipinski definition) is 3. The van der Waals surface area contributed by atoms with E-state index in [1.165, 1.54) is 5.56 Å². The third-order valence-corrected chi connectivity index (χ3v) is 3.01. The summed E-state index contributed by atoms with van der Waals surface area (Å²) in [6, 6.07) is 8.38. The van der Waals surface area contributed by atoms with Crippen molar-refractivity contribution in [2.75, 3.05) is 5.73 Å². The van der Waals surface area contributed by atoms with Gasteiger partial charge >= 0.3 is 0 Å². The molecule has 2 aromatic rings.